The zero-order valence-corrected chi connectivity index (χ0v) is 10.9. The van der Waals surface area contributed by atoms with Gasteiger partial charge in [0, 0.05) is 25.0 Å². The van der Waals surface area contributed by atoms with Gasteiger partial charge >= 0.3 is 0 Å². The van der Waals surface area contributed by atoms with Gasteiger partial charge in [0.2, 0.25) is 5.91 Å². The molecule has 2 N–H and O–H groups in total. The van der Waals surface area contributed by atoms with Crippen molar-refractivity contribution in [2.45, 2.75) is 26.2 Å². The first kappa shape index (κ1) is 12.8. The van der Waals surface area contributed by atoms with Crippen LogP contribution in [0, 0.1) is 17.3 Å². The summed E-state index contributed by atoms with van der Waals surface area (Å²) in [6.07, 6.45) is 3.23. The molecule has 0 bridgehead atoms. The molecule has 98 valence electrons. The quantitative estimate of drug-likeness (QED) is 0.746. The van der Waals surface area contributed by atoms with Crippen LogP contribution >= 0.6 is 0 Å². The molecule has 2 aliphatic rings. The number of amides is 1. The van der Waals surface area contributed by atoms with E-state index in [9.17, 15) is 4.79 Å². The number of piperidine rings is 1. The predicted molar refractivity (Wildman–Crippen MR) is 66.7 cm³/mol. The normalized spacial score (nSPS) is 30.9. The van der Waals surface area contributed by atoms with E-state index in [1.807, 2.05) is 0 Å². The summed E-state index contributed by atoms with van der Waals surface area (Å²) in [7, 11) is 1.74. The maximum Gasteiger partial charge on any atom is 0.223 e. The Morgan fingerprint density at radius 1 is 1.47 bits per heavy atom. The van der Waals surface area contributed by atoms with Crippen LogP contribution in [-0.4, -0.2) is 39.3 Å². The molecule has 0 aromatic rings. The van der Waals surface area contributed by atoms with Gasteiger partial charge in [-0.2, -0.15) is 0 Å². The minimum Gasteiger partial charge on any atom is -0.384 e. The topological polar surface area (TPSA) is 50.4 Å². The maximum absolute atomic E-state index is 11.8. The molecule has 1 aliphatic heterocycles. The molecule has 1 aliphatic carbocycles. The average molecular weight is 240 g/mol. The van der Waals surface area contributed by atoms with Gasteiger partial charge in [-0.3, -0.25) is 4.79 Å². The molecule has 0 aromatic heterocycles. The number of nitrogens with one attached hydrogen (secondary N) is 2. The van der Waals surface area contributed by atoms with E-state index in [2.05, 4.69) is 17.6 Å². The number of carbonyl (C=O) groups is 1. The van der Waals surface area contributed by atoms with E-state index in [4.69, 9.17) is 4.74 Å². The molecule has 0 radical (unpaired) electrons. The number of ether oxygens (including phenoxy) is 1. The lowest BCUT2D eigenvalue weighted by Gasteiger charge is -2.37. The summed E-state index contributed by atoms with van der Waals surface area (Å²) >= 11 is 0. The van der Waals surface area contributed by atoms with Gasteiger partial charge in [0.1, 0.15) is 0 Å². The molecular formula is C13H24N2O2. The molecular weight excluding hydrogens is 216 g/mol. The minimum absolute atomic E-state index is 0.147. The monoisotopic (exact) mass is 240 g/mol. The van der Waals surface area contributed by atoms with E-state index >= 15 is 0 Å². The standard InChI is InChI=1S/C13H24N2O2/c1-10-7-11(10)12(16)15-8-13(9-17-2)3-5-14-6-4-13/h10-11,14H,3-9H2,1-2H3,(H,15,16). The predicted octanol–water partition coefficient (Wildman–Crippen LogP) is 0.775. The van der Waals surface area contributed by atoms with Crippen LogP contribution in [0.3, 0.4) is 0 Å². The first-order valence-electron chi connectivity index (χ1n) is 6.64. The highest BCUT2D eigenvalue weighted by Crippen LogP contribution is 2.38. The lowest BCUT2D eigenvalue weighted by molar-refractivity contribution is -0.123. The van der Waals surface area contributed by atoms with Gasteiger partial charge < -0.3 is 15.4 Å². The number of rotatable bonds is 5. The lowest BCUT2D eigenvalue weighted by Crippen LogP contribution is -2.47. The van der Waals surface area contributed by atoms with Crippen molar-refractivity contribution < 1.29 is 9.53 Å². The van der Waals surface area contributed by atoms with Crippen molar-refractivity contribution in [1.82, 2.24) is 10.6 Å². The van der Waals surface area contributed by atoms with Gasteiger partial charge in [0.15, 0.2) is 0 Å². The van der Waals surface area contributed by atoms with Gasteiger partial charge in [-0.05, 0) is 38.3 Å². The molecule has 0 aromatic carbocycles. The Morgan fingerprint density at radius 2 is 2.12 bits per heavy atom. The first-order valence-corrected chi connectivity index (χ1v) is 6.64. The highest BCUT2D eigenvalue weighted by molar-refractivity contribution is 5.81. The van der Waals surface area contributed by atoms with Crippen molar-refractivity contribution >= 4 is 5.91 Å². The van der Waals surface area contributed by atoms with Crippen LogP contribution in [0.4, 0.5) is 0 Å². The van der Waals surface area contributed by atoms with E-state index in [0.29, 0.717) is 5.92 Å². The van der Waals surface area contributed by atoms with E-state index < -0.39 is 0 Å². The van der Waals surface area contributed by atoms with Crippen LogP contribution in [0.1, 0.15) is 26.2 Å². The average Bonchev–Trinajstić information content (AvgIpc) is 3.05. The Bertz CT molecular complexity index is 269. The molecule has 4 nitrogen and oxygen atoms in total. The molecule has 2 fully saturated rings. The Labute approximate surface area is 103 Å². The van der Waals surface area contributed by atoms with Crippen LogP contribution in [-0.2, 0) is 9.53 Å². The van der Waals surface area contributed by atoms with Crippen LogP contribution in [0.25, 0.3) is 0 Å². The van der Waals surface area contributed by atoms with Gasteiger partial charge in [-0.15, -0.1) is 0 Å². The molecule has 1 saturated heterocycles. The molecule has 1 heterocycles. The second kappa shape index (κ2) is 5.36. The van der Waals surface area contributed by atoms with E-state index in [0.717, 1.165) is 45.5 Å². The summed E-state index contributed by atoms with van der Waals surface area (Å²) in [6, 6.07) is 0. The summed E-state index contributed by atoms with van der Waals surface area (Å²) in [4.78, 5) is 11.8. The summed E-state index contributed by atoms with van der Waals surface area (Å²) in [6.45, 7) is 5.71. The molecule has 2 rings (SSSR count). The van der Waals surface area contributed by atoms with Gasteiger partial charge in [0.25, 0.3) is 0 Å². The van der Waals surface area contributed by atoms with Gasteiger partial charge in [0.05, 0.1) is 6.61 Å². The van der Waals surface area contributed by atoms with E-state index in [1.165, 1.54) is 0 Å². The summed E-state index contributed by atoms with van der Waals surface area (Å²) < 4.78 is 5.34. The lowest BCUT2D eigenvalue weighted by atomic mass is 9.79. The maximum atomic E-state index is 11.8. The molecule has 1 saturated carbocycles. The number of carbonyl (C=O) groups excluding carboxylic acids is 1. The largest absolute Gasteiger partial charge is 0.384 e. The van der Waals surface area contributed by atoms with Crippen LogP contribution in [0.15, 0.2) is 0 Å². The summed E-state index contributed by atoms with van der Waals surface area (Å²) in [5, 5.41) is 6.48. The Morgan fingerprint density at radius 3 is 2.65 bits per heavy atom. The fourth-order valence-electron chi connectivity index (χ4n) is 2.73. The number of hydrogen-bond acceptors (Lipinski definition) is 3. The van der Waals surface area contributed by atoms with Crippen LogP contribution in [0.5, 0.6) is 0 Å². The third-order valence-electron chi connectivity index (χ3n) is 4.20. The highest BCUT2D eigenvalue weighted by Gasteiger charge is 2.40. The van der Waals surface area contributed by atoms with E-state index in [-0.39, 0.29) is 17.2 Å². The Kier molecular flexibility index (Phi) is 4.05. The summed E-state index contributed by atoms with van der Waals surface area (Å²) in [5.74, 6) is 1.10. The van der Waals surface area contributed by atoms with Crippen molar-refractivity contribution in [3.05, 3.63) is 0 Å². The second-order valence-electron chi connectivity index (χ2n) is 5.72. The summed E-state index contributed by atoms with van der Waals surface area (Å²) in [5.41, 5.74) is 0.147. The molecule has 2 atom stereocenters. The van der Waals surface area contributed by atoms with Gasteiger partial charge in [-0.1, -0.05) is 6.92 Å². The van der Waals surface area contributed by atoms with Gasteiger partial charge in [-0.25, -0.2) is 0 Å². The third-order valence-corrected chi connectivity index (χ3v) is 4.20. The molecule has 0 spiro atoms. The van der Waals surface area contributed by atoms with Crippen molar-refractivity contribution in [1.29, 1.82) is 0 Å². The fourth-order valence-corrected chi connectivity index (χ4v) is 2.73. The zero-order chi connectivity index (χ0) is 12.3. The van der Waals surface area contributed by atoms with Crippen molar-refractivity contribution in [2.75, 3.05) is 33.4 Å². The second-order valence-corrected chi connectivity index (χ2v) is 5.72. The first-order chi connectivity index (χ1) is 8.17. The molecule has 2 unspecified atom stereocenters. The molecule has 1 amide bonds. The molecule has 17 heavy (non-hydrogen) atoms. The number of hydrogen-bond donors (Lipinski definition) is 2. The smallest absolute Gasteiger partial charge is 0.223 e. The van der Waals surface area contributed by atoms with Crippen LogP contribution in [0.2, 0.25) is 0 Å². The highest BCUT2D eigenvalue weighted by atomic mass is 16.5. The zero-order valence-electron chi connectivity index (χ0n) is 10.9. The molecule has 4 heteroatoms. The number of methoxy groups -OCH3 is 1. The Balaban J connectivity index is 1.82. The van der Waals surface area contributed by atoms with Crippen molar-refractivity contribution in [2.24, 2.45) is 17.3 Å². The minimum atomic E-state index is 0.147. The van der Waals surface area contributed by atoms with Crippen LogP contribution < -0.4 is 10.6 Å². The van der Waals surface area contributed by atoms with E-state index in [1.54, 1.807) is 7.11 Å². The van der Waals surface area contributed by atoms with Crippen molar-refractivity contribution in [3.63, 3.8) is 0 Å². The third kappa shape index (κ3) is 3.19. The SMILES string of the molecule is COCC1(CNC(=O)C2CC2C)CCNCC1. The fraction of sp³-hybridized carbons (Fsp3) is 0.923. The van der Waals surface area contributed by atoms with Crippen molar-refractivity contribution in [3.8, 4) is 0 Å². The Hall–Kier alpha value is -0.610.